The number of hydrogen-bond donors (Lipinski definition) is 1. The van der Waals surface area contributed by atoms with Crippen LogP contribution in [0.3, 0.4) is 0 Å². The molecule has 0 saturated heterocycles. The minimum atomic E-state index is 0.805. The van der Waals surface area contributed by atoms with Gasteiger partial charge in [-0.25, -0.2) is 0 Å². The van der Waals surface area contributed by atoms with E-state index in [9.17, 15) is 0 Å². The number of nitrogens with two attached hydrogens (primary N) is 1. The number of para-hydroxylation sites is 1. The molecule has 0 atom stereocenters. The highest BCUT2D eigenvalue weighted by molar-refractivity contribution is 5.80. The van der Waals surface area contributed by atoms with Crippen molar-refractivity contribution < 1.29 is 0 Å². The molecule has 0 fully saturated rings. The summed E-state index contributed by atoms with van der Waals surface area (Å²) in [4.78, 5) is 4.26. The van der Waals surface area contributed by atoms with E-state index in [0.29, 0.717) is 0 Å². The molecule has 0 aliphatic heterocycles. The van der Waals surface area contributed by atoms with Crippen molar-refractivity contribution in [2.75, 3.05) is 0 Å². The van der Waals surface area contributed by atoms with Gasteiger partial charge in [-0.05, 0) is 31.6 Å². The third kappa shape index (κ3) is 3.11. The van der Waals surface area contributed by atoms with Gasteiger partial charge in [-0.1, -0.05) is 18.2 Å². The molecular weight excluding hydrogens is 160 g/mol. The van der Waals surface area contributed by atoms with Gasteiger partial charge in [0.05, 0.1) is 5.69 Å². The Morgan fingerprint density at radius 1 is 1.23 bits per heavy atom. The highest BCUT2D eigenvalue weighted by Crippen LogP contribution is 2.09. The van der Waals surface area contributed by atoms with E-state index in [0.717, 1.165) is 17.0 Å². The topological polar surface area (TPSA) is 38.4 Å². The predicted molar refractivity (Wildman–Crippen MR) is 57.2 cm³/mol. The van der Waals surface area contributed by atoms with Crippen molar-refractivity contribution >= 4 is 11.9 Å². The van der Waals surface area contributed by atoms with Gasteiger partial charge in [0.25, 0.3) is 0 Å². The number of rotatable bonds is 2. The Bertz CT molecular complexity index is 319. The molecule has 0 aliphatic carbocycles. The lowest BCUT2D eigenvalue weighted by Gasteiger charge is -1.95. The Kier molecular flexibility index (Phi) is 3.26. The average molecular weight is 174 g/mol. The molecule has 2 heteroatoms. The Morgan fingerprint density at radius 3 is 2.38 bits per heavy atom. The van der Waals surface area contributed by atoms with E-state index in [2.05, 4.69) is 4.99 Å². The second-order valence-electron chi connectivity index (χ2n) is 2.96. The second-order valence-corrected chi connectivity index (χ2v) is 2.96. The van der Waals surface area contributed by atoms with E-state index in [-0.39, 0.29) is 0 Å². The molecular formula is C11H14N2. The molecule has 68 valence electrons. The Balaban J connectivity index is 2.76. The van der Waals surface area contributed by atoms with Crippen LogP contribution in [0.25, 0.3) is 0 Å². The minimum absolute atomic E-state index is 0.805. The molecule has 2 nitrogen and oxygen atoms in total. The van der Waals surface area contributed by atoms with Gasteiger partial charge in [0.15, 0.2) is 0 Å². The molecule has 0 aliphatic rings. The van der Waals surface area contributed by atoms with E-state index in [1.165, 1.54) is 0 Å². The molecule has 1 rings (SSSR count). The molecule has 1 aromatic rings. The SMILES string of the molecule is C/C(N)=C(\C)C=Nc1ccccc1. The average Bonchev–Trinajstić information content (AvgIpc) is 2.15. The van der Waals surface area contributed by atoms with Crippen LogP contribution in [-0.2, 0) is 0 Å². The van der Waals surface area contributed by atoms with Gasteiger partial charge in [0.2, 0.25) is 0 Å². The Hall–Kier alpha value is -1.57. The van der Waals surface area contributed by atoms with Gasteiger partial charge < -0.3 is 5.73 Å². The Labute approximate surface area is 78.8 Å². The van der Waals surface area contributed by atoms with Crippen molar-refractivity contribution in [2.24, 2.45) is 10.7 Å². The lowest BCUT2D eigenvalue weighted by Crippen LogP contribution is -1.95. The van der Waals surface area contributed by atoms with Crippen LogP contribution in [0.2, 0.25) is 0 Å². The first kappa shape index (κ1) is 9.52. The predicted octanol–water partition coefficient (Wildman–Crippen LogP) is 2.64. The van der Waals surface area contributed by atoms with Crippen LogP contribution in [0.5, 0.6) is 0 Å². The number of aliphatic imine (C=N–C) groups is 1. The molecule has 0 spiro atoms. The smallest absolute Gasteiger partial charge is 0.0629 e. The van der Waals surface area contributed by atoms with Crippen LogP contribution in [0.15, 0.2) is 46.6 Å². The first-order valence-electron chi connectivity index (χ1n) is 4.22. The lowest BCUT2D eigenvalue weighted by molar-refractivity contribution is 1.26. The molecule has 0 aromatic heterocycles. The van der Waals surface area contributed by atoms with Crippen LogP contribution in [0.4, 0.5) is 5.69 Å². The summed E-state index contributed by atoms with van der Waals surface area (Å²) >= 11 is 0. The highest BCUT2D eigenvalue weighted by Gasteiger charge is 1.87. The van der Waals surface area contributed by atoms with Gasteiger partial charge in [0.1, 0.15) is 0 Å². The summed E-state index contributed by atoms with van der Waals surface area (Å²) in [6.07, 6.45) is 1.78. The normalized spacial score (nSPS) is 13.1. The highest BCUT2D eigenvalue weighted by atomic mass is 14.7. The first-order valence-corrected chi connectivity index (χ1v) is 4.22. The van der Waals surface area contributed by atoms with Crippen LogP contribution in [0, 0.1) is 0 Å². The van der Waals surface area contributed by atoms with Crippen LogP contribution < -0.4 is 5.73 Å². The molecule has 0 heterocycles. The fourth-order valence-corrected chi connectivity index (χ4v) is 0.787. The van der Waals surface area contributed by atoms with Gasteiger partial charge in [-0.3, -0.25) is 4.99 Å². The van der Waals surface area contributed by atoms with Crippen molar-refractivity contribution in [2.45, 2.75) is 13.8 Å². The van der Waals surface area contributed by atoms with Gasteiger partial charge >= 0.3 is 0 Å². The number of benzene rings is 1. The number of allylic oxidation sites excluding steroid dienone is 2. The van der Waals surface area contributed by atoms with Crippen molar-refractivity contribution in [1.82, 2.24) is 0 Å². The van der Waals surface area contributed by atoms with E-state index >= 15 is 0 Å². The van der Waals surface area contributed by atoms with Crippen molar-refractivity contribution in [3.8, 4) is 0 Å². The maximum absolute atomic E-state index is 5.59. The Morgan fingerprint density at radius 2 is 1.85 bits per heavy atom. The number of hydrogen-bond acceptors (Lipinski definition) is 2. The molecule has 0 saturated carbocycles. The summed E-state index contributed by atoms with van der Waals surface area (Å²) in [5.41, 5.74) is 8.34. The van der Waals surface area contributed by atoms with Crippen LogP contribution in [-0.4, -0.2) is 6.21 Å². The number of nitrogens with zero attached hydrogens (tertiary/aromatic N) is 1. The molecule has 2 N–H and O–H groups in total. The molecule has 13 heavy (non-hydrogen) atoms. The largest absolute Gasteiger partial charge is 0.402 e. The van der Waals surface area contributed by atoms with Gasteiger partial charge in [-0.2, -0.15) is 0 Å². The van der Waals surface area contributed by atoms with Crippen molar-refractivity contribution in [3.63, 3.8) is 0 Å². The summed E-state index contributed by atoms with van der Waals surface area (Å²) in [6, 6.07) is 9.79. The van der Waals surface area contributed by atoms with Crippen molar-refractivity contribution in [3.05, 3.63) is 41.6 Å². The molecule has 0 bridgehead atoms. The zero-order valence-corrected chi connectivity index (χ0v) is 7.99. The summed E-state index contributed by atoms with van der Waals surface area (Å²) in [6.45, 7) is 3.81. The van der Waals surface area contributed by atoms with Crippen molar-refractivity contribution in [1.29, 1.82) is 0 Å². The van der Waals surface area contributed by atoms with E-state index in [1.807, 2.05) is 44.2 Å². The van der Waals surface area contributed by atoms with E-state index in [1.54, 1.807) is 6.21 Å². The summed E-state index contributed by atoms with van der Waals surface area (Å²) in [5, 5.41) is 0. The second kappa shape index (κ2) is 4.45. The standard InChI is InChI=1S/C11H14N2/c1-9(10(2)12)8-13-11-6-4-3-5-7-11/h3-8H,12H2,1-2H3/b10-9-,13-8?. The third-order valence-corrected chi connectivity index (χ3v) is 1.79. The fourth-order valence-electron chi connectivity index (χ4n) is 0.787. The maximum atomic E-state index is 5.59. The third-order valence-electron chi connectivity index (χ3n) is 1.79. The molecule has 0 radical (unpaired) electrons. The first-order chi connectivity index (χ1) is 6.20. The van der Waals surface area contributed by atoms with Gasteiger partial charge in [-0.15, -0.1) is 0 Å². The molecule has 1 aromatic carbocycles. The fraction of sp³-hybridized carbons (Fsp3) is 0.182. The van der Waals surface area contributed by atoms with E-state index in [4.69, 9.17) is 5.73 Å². The monoisotopic (exact) mass is 174 g/mol. The minimum Gasteiger partial charge on any atom is -0.402 e. The zero-order valence-electron chi connectivity index (χ0n) is 7.99. The lowest BCUT2D eigenvalue weighted by atomic mass is 10.2. The quantitative estimate of drug-likeness (QED) is 0.688. The zero-order chi connectivity index (χ0) is 9.68. The summed E-state index contributed by atoms with van der Waals surface area (Å²) in [7, 11) is 0. The molecule has 0 unspecified atom stereocenters. The van der Waals surface area contributed by atoms with E-state index < -0.39 is 0 Å². The summed E-state index contributed by atoms with van der Waals surface area (Å²) < 4.78 is 0. The summed E-state index contributed by atoms with van der Waals surface area (Å²) in [5.74, 6) is 0. The van der Waals surface area contributed by atoms with Crippen LogP contribution >= 0.6 is 0 Å². The molecule has 0 amide bonds. The van der Waals surface area contributed by atoms with Crippen LogP contribution in [0.1, 0.15) is 13.8 Å². The maximum Gasteiger partial charge on any atom is 0.0629 e. The van der Waals surface area contributed by atoms with Gasteiger partial charge in [0, 0.05) is 11.9 Å².